The lowest BCUT2D eigenvalue weighted by atomic mass is 10.2. The fraction of sp³-hybridized carbons (Fsp3) is 0.182. The first-order valence-corrected chi connectivity index (χ1v) is 5.41. The van der Waals surface area contributed by atoms with Crippen molar-refractivity contribution in [3.63, 3.8) is 0 Å². The van der Waals surface area contributed by atoms with E-state index in [-0.39, 0.29) is 12.1 Å². The predicted octanol–water partition coefficient (Wildman–Crippen LogP) is 1.32. The summed E-state index contributed by atoms with van der Waals surface area (Å²) in [5.74, 6) is -0.927. The van der Waals surface area contributed by atoms with E-state index in [2.05, 4.69) is 5.32 Å². The normalized spacial score (nSPS) is 15.7. The van der Waals surface area contributed by atoms with Crippen LogP contribution in [0.15, 0.2) is 18.2 Å². The second kappa shape index (κ2) is 4.66. The summed E-state index contributed by atoms with van der Waals surface area (Å²) in [7, 11) is 1.41. The lowest BCUT2D eigenvalue weighted by Gasteiger charge is -2.26. The summed E-state index contributed by atoms with van der Waals surface area (Å²) < 4.78 is 5.06. The Kier molecular flexibility index (Phi) is 3.20. The Hall–Kier alpha value is -2.08. The third kappa shape index (κ3) is 2.14. The molecule has 0 aliphatic carbocycles. The molecule has 0 unspecified atom stereocenters. The standard InChI is InChI=1S/C11H9ClN2O4/c1-18-8-3-2-6(12)4-7(8)14-10(16)5-9(15)13-11(14)17/h2-4H,5H2,1H3,(H,13,15,17). The van der Waals surface area contributed by atoms with Crippen LogP contribution in [0.2, 0.25) is 5.02 Å². The summed E-state index contributed by atoms with van der Waals surface area (Å²) in [4.78, 5) is 35.3. The van der Waals surface area contributed by atoms with E-state index in [1.54, 1.807) is 6.07 Å². The molecule has 7 heteroatoms. The number of halogens is 1. The number of methoxy groups -OCH3 is 1. The van der Waals surface area contributed by atoms with Gasteiger partial charge >= 0.3 is 6.03 Å². The summed E-state index contributed by atoms with van der Waals surface area (Å²) in [5, 5.41) is 2.41. The van der Waals surface area contributed by atoms with E-state index in [0.29, 0.717) is 10.8 Å². The van der Waals surface area contributed by atoms with Crippen molar-refractivity contribution < 1.29 is 19.1 Å². The Morgan fingerprint density at radius 1 is 1.33 bits per heavy atom. The largest absolute Gasteiger partial charge is 0.495 e. The van der Waals surface area contributed by atoms with Gasteiger partial charge in [0.2, 0.25) is 11.8 Å². The quantitative estimate of drug-likeness (QED) is 0.821. The van der Waals surface area contributed by atoms with Crippen LogP contribution < -0.4 is 15.0 Å². The van der Waals surface area contributed by atoms with Gasteiger partial charge in [-0.3, -0.25) is 14.9 Å². The van der Waals surface area contributed by atoms with Gasteiger partial charge in [-0.25, -0.2) is 9.69 Å². The number of nitrogens with zero attached hydrogens (tertiary/aromatic N) is 1. The molecular weight excluding hydrogens is 260 g/mol. The number of amides is 4. The number of carbonyl (C=O) groups excluding carboxylic acids is 3. The Morgan fingerprint density at radius 2 is 2.06 bits per heavy atom. The van der Waals surface area contributed by atoms with Crippen LogP contribution in [0.3, 0.4) is 0 Å². The maximum absolute atomic E-state index is 11.7. The minimum absolute atomic E-state index is 0.208. The molecule has 0 aromatic heterocycles. The highest BCUT2D eigenvalue weighted by Crippen LogP contribution is 2.32. The van der Waals surface area contributed by atoms with Crippen LogP contribution in [0.25, 0.3) is 0 Å². The molecule has 1 heterocycles. The summed E-state index contributed by atoms with van der Waals surface area (Å²) in [6, 6.07) is 3.72. The van der Waals surface area contributed by atoms with Gasteiger partial charge in [-0.2, -0.15) is 0 Å². The predicted molar refractivity (Wildman–Crippen MR) is 63.6 cm³/mol. The number of barbiturate groups is 1. The van der Waals surface area contributed by atoms with Crippen molar-refractivity contribution >= 4 is 35.1 Å². The molecule has 0 spiro atoms. The van der Waals surface area contributed by atoms with Crippen molar-refractivity contribution in [1.29, 1.82) is 0 Å². The molecule has 0 radical (unpaired) electrons. The van der Waals surface area contributed by atoms with Crippen LogP contribution in [0.4, 0.5) is 10.5 Å². The minimum Gasteiger partial charge on any atom is -0.495 e. The average Bonchev–Trinajstić information content (AvgIpc) is 2.28. The Labute approximate surface area is 107 Å². The molecule has 6 nitrogen and oxygen atoms in total. The molecule has 0 atom stereocenters. The highest BCUT2D eigenvalue weighted by molar-refractivity contribution is 6.32. The maximum atomic E-state index is 11.7. The van der Waals surface area contributed by atoms with Gasteiger partial charge in [-0.1, -0.05) is 11.6 Å². The molecule has 0 saturated carbocycles. The van der Waals surface area contributed by atoms with Crippen molar-refractivity contribution in [2.75, 3.05) is 12.0 Å². The highest BCUT2D eigenvalue weighted by atomic mass is 35.5. The number of hydrogen-bond donors (Lipinski definition) is 1. The van der Waals surface area contributed by atoms with Crippen LogP contribution >= 0.6 is 11.6 Å². The van der Waals surface area contributed by atoms with E-state index >= 15 is 0 Å². The minimum atomic E-state index is -0.809. The zero-order chi connectivity index (χ0) is 13.3. The first-order chi connectivity index (χ1) is 8.52. The van der Waals surface area contributed by atoms with Crippen molar-refractivity contribution in [3.05, 3.63) is 23.2 Å². The fourth-order valence-electron chi connectivity index (χ4n) is 1.63. The van der Waals surface area contributed by atoms with Gasteiger partial charge in [0.1, 0.15) is 12.2 Å². The molecular formula is C11H9ClN2O4. The van der Waals surface area contributed by atoms with Gasteiger partial charge in [-0.15, -0.1) is 0 Å². The number of imide groups is 2. The number of carbonyl (C=O) groups is 3. The van der Waals surface area contributed by atoms with Gasteiger partial charge in [0.25, 0.3) is 0 Å². The smallest absolute Gasteiger partial charge is 0.335 e. The third-order valence-corrected chi connectivity index (χ3v) is 2.63. The van der Waals surface area contributed by atoms with Crippen LogP contribution in [-0.2, 0) is 9.59 Å². The van der Waals surface area contributed by atoms with Crippen molar-refractivity contribution in [2.24, 2.45) is 0 Å². The van der Waals surface area contributed by atoms with Crippen molar-refractivity contribution in [1.82, 2.24) is 5.32 Å². The summed E-state index contributed by atoms with van der Waals surface area (Å²) >= 11 is 5.82. The first kappa shape index (κ1) is 12.4. The number of rotatable bonds is 2. The van der Waals surface area contributed by atoms with Crippen LogP contribution in [0, 0.1) is 0 Å². The van der Waals surface area contributed by atoms with E-state index in [9.17, 15) is 14.4 Å². The number of nitrogens with one attached hydrogen (secondary N) is 1. The van der Waals surface area contributed by atoms with E-state index in [4.69, 9.17) is 16.3 Å². The molecule has 1 aromatic carbocycles. The van der Waals surface area contributed by atoms with E-state index in [0.717, 1.165) is 4.90 Å². The number of anilines is 1. The van der Waals surface area contributed by atoms with Gasteiger partial charge in [0.15, 0.2) is 0 Å². The summed E-state index contributed by atoms with van der Waals surface area (Å²) in [6.07, 6.45) is -0.387. The third-order valence-electron chi connectivity index (χ3n) is 2.39. The van der Waals surface area contributed by atoms with E-state index in [1.165, 1.54) is 19.2 Å². The molecule has 2 rings (SSSR count). The zero-order valence-corrected chi connectivity index (χ0v) is 10.2. The second-order valence-electron chi connectivity index (χ2n) is 3.58. The number of urea groups is 1. The first-order valence-electron chi connectivity index (χ1n) is 5.03. The number of benzene rings is 1. The average molecular weight is 269 g/mol. The SMILES string of the molecule is COc1ccc(Cl)cc1N1C(=O)CC(=O)NC1=O. The number of ether oxygens (including phenoxy) is 1. The van der Waals surface area contributed by atoms with E-state index < -0.39 is 17.8 Å². The molecule has 1 N–H and O–H groups in total. The van der Waals surface area contributed by atoms with Gasteiger partial charge in [-0.05, 0) is 18.2 Å². The molecule has 1 saturated heterocycles. The van der Waals surface area contributed by atoms with Gasteiger partial charge < -0.3 is 4.74 Å². The maximum Gasteiger partial charge on any atom is 0.335 e. The van der Waals surface area contributed by atoms with Gasteiger partial charge in [0, 0.05) is 5.02 Å². The number of hydrogen-bond acceptors (Lipinski definition) is 4. The molecule has 0 bridgehead atoms. The van der Waals surface area contributed by atoms with Crippen molar-refractivity contribution in [2.45, 2.75) is 6.42 Å². The molecule has 1 aromatic rings. The van der Waals surface area contributed by atoms with Gasteiger partial charge in [0.05, 0.1) is 12.8 Å². The van der Waals surface area contributed by atoms with Crippen LogP contribution in [-0.4, -0.2) is 25.0 Å². The molecule has 1 fully saturated rings. The zero-order valence-electron chi connectivity index (χ0n) is 9.40. The highest BCUT2D eigenvalue weighted by Gasteiger charge is 2.33. The molecule has 4 amide bonds. The summed E-state index contributed by atoms with van der Waals surface area (Å²) in [6.45, 7) is 0. The fourth-order valence-corrected chi connectivity index (χ4v) is 1.80. The lowest BCUT2D eigenvalue weighted by molar-refractivity contribution is -0.128. The second-order valence-corrected chi connectivity index (χ2v) is 4.01. The molecule has 1 aliphatic heterocycles. The van der Waals surface area contributed by atoms with Crippen molar-refractivity contribution in [3.8, 4) is 5.75 Å². The monoisotopic (exact) mass is 268 g/mol. The molecule has 1 aliphatic rings. The Morgan fingerprint density at radius 3 is 2.67 bits per heavy atom. The summed E-state index contributed by atoms with van der Waals surface area (Å²) in [5.41, 5.74) is 0.208. The van der Waals surface area contributed by atoms with Crippen LogP contribution in [0.5, 0.6) is 5.75 Å². The topological polar surface area (TPSA) is 75.7 Å². The van der Waals surface area contributed by atoms with Crippen LogP contribution in [0.1, 0.15) is 6.42 Å². The Bertz CT molecular complexity index is 524. The lowest BCUT2D eigenvalue weighted by Crippen LogP contribution is -2.53. The molecule has 18 heavy (non-hydrogen) atoms. The van der Waals surface area contributed by atoms with E-state index in [1.807, 2.05) is 0 Å². The Balaban J connectivity index is 2.47. The molecule has 94 valence electrons.